The van der Waals surface area contributed by atoms with Gasteiger partial charge in [-0.25, -0.2) is 4.79 Å². The number of esters is 1. The number of ether oxygens (including phenoxy) is 1. The molecule has 0 spiro atoms. The Balaban J connectivity index is 3.68. The topological polar surface area (TPSA) is 26.3 Å². The van der Waals surface area contributed by atoms with E-state index in [9.17, 15) is 4.79 Å². The van der Waals surface area contributed by atoms with Crippen molar-refractivity contribution in [1.29, 1.82) is 0 Å². The summed E-state index contributed by atoms with van der Waals surface area (Å²) in [6.07, 6.45) is 33.7. The lowest BCUT2D eigenvalue weighted by Crippen LogP contribution is -2.22. The van der Waals surface area contributed by atoms with Gasteiger partial charge in [0.15, 0.2) is 0 Å². The Morgan fingerprint density at radius 2 is 0.972 bits per heavy atom. The van der Waals surface area contributed by atoms with E-state index in [1.807, 2.05) is 0 Å². The van der Waals surface area contributed by atoms with Crippen molar-refractivity contribution in [2.24, 2.45) is 5.92 Å². The average molecular weight is 507 g/mol. The Kier molecular flexibility index (Phi) is 26.7. The lowest BCUT2D eigenvalue weighted by atomic mass is 9.91. The first-order valence-corrected chi connectivity index (χ1v) is 16.4. The fourth-order valence-corrected chi connectivity index (χ4v) is 5.28. The molecule has 0 aromatic heterocycles. The van der Waals surface area contributed by atoms with E-state index in [0.717, 1.165) is 12.8 Å². The molecule has 36 heavy (non-hydrogen) atoms. The predicted octanol–water partition coefficient (Wildman–Crippen LogP) is 11.9. The summed E-state index contributed by atoms with van der Waals surface area (Å²) in [5.74, 6) is 0.469. The monoisotopic (exact) mass is 507 g/mol. The first-order valence-electron chi connectivity index (χ1n) is 16.4. The van der Waals surface area contributed by atoms with Crippen LogP contribution in [0.3, 0.4) is 0 Å². The fourth-order valence-electron chi connectivity index (χ4n) is 5.28. The van der Waals surface area contributed by atoms with Gasteiger partial charge < -0.3 is 4.74 Å². The number of unbranched alkanes of at least 4 members (excludes halogenated alkanes) is 19. The van der Waals surface area contributed by atoms with Crippen LogP contribution in [0.5, 0.6) is 0 Å². The third-order valence-electron chi connectivity index (χ3n) is 7.89. The summed E-state index contributed by atoms with van der Waals surface area (Å²) in [5, 5.41) is 0. The molecule has 0 heterocycles. The minimum atomic E-state index is -0.205. The number of carbonyl (C=O) groups excluding carboxylic acids is 1. The lowest BCUT2D eigenvalue weighted by Gasteiger charge is -2.23. The van der Waals surface area contributed by atoms with Crippen LogP contribution in [-0.2, 0) is 9.53 Å². The van der Waals surface area contributed by atoms with Crippen LogP contribution in [0.1, 0.15) is 188 Å². The van der Waals surface area contributed by atoms with Crippen molar-refractivity contribution in [1.82, 2.24) is 0 Å². The van der Waals surface area contributed by atoms with E-state index < -0.39 is 0 Å². The van der Waals surface area contributed by atoms with Crippen molar-refractivity contribution in [3.8, 4) is 0 Å². The third-order valence-corrected chi connectivity index (χ3v) is 7.89. The van der Waals surface area contributed by atoms with Gasteiger partial charge in [-0.15, -0.1) is 0 Å². The van der Waals surface area contributed by atoms with E-state index in [-0.39, 0.29) is 12.1 Å². The second-order valence-corrected chi connectivity index (χ2v) is 11.6. The van der Waals surface area contributed by atoms with Crippen LogP contribution in [0.15, 0.2) is 12.2 Å². The molecule has 214 valence electrons. The highest BCUT2D eigenvalue weighted by atomic mass is 16.5. The molecule has 0 bridgehead atoms. The van der Waals surface area contributed by atoms with E-state index in [2.05, 4.69) is 27.4 Å². The summed E-state index contributed by atoms with van der Waals surface area (Å²) in [4.78, 5) is 12.1. The summed E-state index contributed by atoms with van der Waals surface area (Å²) in [6.45, 7) is 12.3. The van der Waals surface area contributed by atoms with Gasteiger partial charge in [-0.3, -0.25) is 0 Å². The fraction of sp³-hybridized carbons (Fsp3) is 0.912. The largest absolute Gasteiger partial charge is 0.459 e. The second kappa shape index (κ2) is 27.3. The summed E-state index contributed by atoms with van der Waals surface area (Å²) in [5.41, 5.74) is 0.523. The van der Waals surface area contributed by atoms with Crippen molar-refractivity contribution < 1.29 is 9.53 Å². The molecule has 0 aromatic carbocycles. The van der Waals surface area contributed by atoms with E-state index in [4.69, 9.17) is 4.74 Å². The summed E-state index contributed by atoms with van der Waals surface area (Å²) in [7, 11) is 0. The first kappa shape index (κ1) is 35.2. The van der Waals surface area contributed by atoms with Crippen LogP contribution >= 0.6 is 0 Å². The highest BCUT2D eigenvalue weighted by Crippen LogP contribution is 2.24. The van der Waals surface area contributed by atoms with Crippen molar-refractivity contribution >= 4 is 5.97 Å². The molecule has 2 unspecified atom stereocenters. The molecule has 2 atom stereocenters. The standard InChI is InChI=1S/C34H66O2/c1-6-9-11-12-13-14-15-16-17-18-19-20-21-22-23-24-25-26-27-29-33(36-34(35)31(4)5)30-32(8-3)28-10-7-2/h32-33H,4,6-30H2,1-3,5H3. The van der Waals surface area contributed by atoms with Crippen LogP contribution in [0.2, 0.25) is 0 Å². The lowest BCUT2D eigenvalue weighted by molar-refractivity contribution is -0.145. The molecule has 0 saturated heterocycles. The first-order chi connectivity index (χ1) is 17.5. The molecule has 0 rings (SSSR count). The normalized spacial score (nSPS) is 13.0. The van der Waals surface area contributed by atoms with Crippen molar-refractivity contribution in [2.45, 2.75) is 194 Å². The molecule has 0 aliphatic rings. The van der Waals surface area contributed by atoms with Gasteiger partial charge in [0.1, 0.15) is 6.10 Å². The number of hydrogen-bond acceptors (Lipinski definition) is 2. The zero-order valence-corrected chi connectivity index (χ0v) is 25.4. The van der Waals surface area contributed by atoms with Gasteiger partial charge in [-0.05, 0) is 32.1 Å². The Morgan fingerprint density at radius 1 is 0.583 bits per heavy atom. The molecule has 0 aliphatic carbocycles. The highest BCUT2D eigenvalue weighted by Gasteiger charge is 2.19. The van der Waals surface area contributed by atoms with Gasteiger partial charge in [-0.1, -0.05) is 169 Å². The van der Waals surface area contributed by atoms with Gasteiger partial charge in [0.2, 0.25) is 0 Å². The Labute approximate surface area is 227 Å². The average Bonchev–Trinajstić information content (AvgIpc) is 2.87. The van der Waals surface area contributed by atoms with E-state index in [0.29, 0.717) is 11.5 Å². The van der Waals surface area contributed by atoms with Gasteiger partial charge in [0.25, 0.3) is 0 Å². The smallest absolute Gasteiger partial charge is 0.333 e. The minimum Gasteiger partial charge on any atom is -0.459 e. The Hall–Kier alpha value is -0.790. The highest BCUT2D eigenvalue weighted by molar-refractivity contribution is 5.87. The molecular formula is C34H66O2. The Bertz CT molecular complexity index is 484. The molecule has 0 fully saturated rings. The van der Waals surface area contributed by atoms with Gasteiger partial charge in [0, 0.05) is 5.57 Å². The molecule has 0 saturated carbocycles. The van der Waals surface area contributed by atoms with E-state index >= 15 is 0 Å². The molecule has 2 nitrogen and oxygen atoms in total. The zero-order valence-electron chi connectivity index (χ0n) is 25.4. The molecule has 0 amide bonds. The number of carbonyl (C=O) groups is 1. The third kappa shape index (κ3) is 23.6. The maximum Gasteiger partial charge on any atom is 0.333 e. The van der Waals surface area contributed by atoms with Crippen molar-refractivity contribution in [3.05, 3.63) is 12.2 Å². The van der Waals surface area contributed by atoms with E-state index in [1.165, 1.54) is 148 Å². The van der Waals surface area contributed by atoms with Gasteiger partial charge in [0.05, 0.1) is 0 Å². The molecule has 0 N–H and O–H groups in total. The molecule has 0 radical (unpaired) electrons. The number of rotatable bonds is 28. The minimum absolute atomic E-state index is 0.0711. The van der Waals surface area contributed by atoms with Crippen LogP contribution in [0.25, 0.3) is 0 Å². The zero-order chi connectivity index (χ0) is 26.7. The van der Waals surface area contributed by atoms with Crippen LogP contribution in [-0.4, -0.2) is 12.1 Å². The van der Waals surface area contributed by atoms with Crippen LogP contribution < -0.4 is 0 Å². The predicted molar refractivity (Wildman–Crippen MR) is 161 cm³/mol. The summed E-state index contributed by atoms with van der Waals surface area (Å²) < 4.78 is 5.82. The summed E-state index contributed by atoms with van der Waals surface area (Å²) >= 11 is 0. The van der Waals surface area contributed by atoms with E-state index in [1.54, 1.807) is 6.92 Å². The second-order valence-electron chi connectivity index (χ2n) is 11.6. The number of hydrogen-bond donors (Lipinski definition) is 0. The SMILES string of the molecule is C=C(C)C(=O)OC(CCCCCCCCCCCCCCCCCCCCC)CC(CC)CCCC. The molecule has 0 aromatic rings. The Morgan fingerprint density at radius 3 is 1.33 bits per heavy atom. The van der Waals surface area contributed by atoms with Crippen LogP contribution in [0, 0.1) is 5.92 Å². The molecule has 0 aliphatic heterocycles. The molecular weight excluding hydrogens is 440 g/mol. The summed E-state index contributed by atoms with van der Waals surface area (Å²) in [6, 6.07) is 0. The van der Waals surface area contributed by atoms with Gasteiger partial charge >= 0.3 is 5.97 Å². The van der Waals surface area contributed by atoms with Gasteiger partial charge in [-0.2, -0.15) is 0 Å². The quantitative estimate of drug-likeness (QED) is 0.0599. The van der Waals surface area contributed by atoms with Crippen molar-refractivity contribution in [3.63, 3.8) is 0 Å². The van der Waals surface area contributed by atoms with Crippen LogP contribution in [0.4, 0.5) is 0 Å². The maximum absolute atomic E-state index is 12.1. The van der Waals surface area contributed by atoms with Crippen molar-refractivity contribution in [2.75, 3.05) is 0 Å². The maximum atomic E-state index is 12.1. The molecule has 2 heteroatoms.